The van der Waals surface area contributed by atoms with Gasteiger partial charge in [0.2, 0.25) is 15.9 Å². The number of aromatic nitrogens is 3. The average molecular weight is 412 g/mol. The van der Waals surface area contributed by atoms with E-state index >= 15 is 0 Å². The van der Waals surface area contributed by atoms with Crippen LogP contribution in [0.15, 0.2) is 40.5 Å². The Balaban J connectivity index is 1.97. The number of rotatable bonds is 9. The van der Waals surface area contributed by atoms with Crippen LogP contribution in [0.25, 0.3) is 0 Å². The van der Waals surface area contributed by atoms with Gasteiger partial charge in [0.05, 0.1) is 17.0 Å². The number of thioether (sulfide) groups is 1. The Morgan fingerprint density at radius 1 is 1.26 bits per heavy atom. The molecule has 27 heavy (non-hydrogen) atoms. The Labute approximate surface area is 164 Å². The van der Waals surface area contributed by atoms with E-state index in [4.69, 9.17) is 0 Å². The van der Waals surface area contributed by atoms with Crippen molar-refractivity contribution >= 4 is 33.5 Å². The minimum Gasteiger partial charge on any atom is -0.310 e. The summed E-state index contributed by atoms with van der Waals surface area (Å²) in [6, 6.07) is 5.03. The molecule has 0 radical (unpaired) electrons. The molecule has 0 aliphatic heterocycles. The van der Waals surface area contributed by atoms with Crippen LogP contribution >= 0.6 is 11.8 Å². The van der Waals surface area contributed by atoms with Crippen molar-refractivity contribution in [2.24, 2.45) is 0 Å². The van der Waals surface area contributed by atoms with Crippen molar-refractivity contribution in [3.05, 3.63) is 30.6 Å². The largest absolute Gasteiger partial charge is 0.310 e. The van der Waals surface area contributed by atoms with Gasteiger partial charge in [0.1, 0.15) is 10.7 Å². The van der Waals surface area contributed by atoms with Gasteiger partial charge in [-0.15, -0.1) is 0 Å². The maximum atomic E-state index is 12.4. The van der Waals surface area contributed by atoms with Crippen molar-refractivity contribution in [3.63, 3.8) is 0 Å². The standard InChI is InChI=1S/C17H25N5O3S2/c1-5-21(6-2)27(24,25)14-7-8-17(18-11-14)26-12-16(23)20-15-9-10-19-22(15)13(3)4/h7-11,13H,5-6,12H2,1-4H3,(H,20,23). The summed E-state index contributed by atoms with van der Waals surface area (Å²) in [4.78, 5) is 16.5. The van der Waals surface area contributed by atoms with Crippen molar-refractivity contribution in [2.75, 3.05) is 24.2 Å². The molecule has 0 bridgehead atoms. The average Bonchev–Trinajstić information content (AvgIpc) is 3.09. The fourth-order valence-corrected chi connectivity index (χ4v) is 4.51. The molecule has 148 valence electrons. The van der Waals surface area contributed by atoms with Crippen molar-refractivity contribution in [3.8, 4) is 0 Å². The number of pyridine rings is 1. The van der Waals surface area contributed by atoms with Crippen LogP contribution in [0.3, 0.4) is 0 Å². The number of hydrogen-bond donors (Lipinski definition) is 1. The number of nitrogens with one attached hydrogen (secondary N) is 1. The molecule has 1 amide bonds. The molecule has 1 N–H and O–H groups in total. The molecule has 2 rings (SSSR count). The lowest BCUT2D eigenvalue weighted by Gasteiger charge is -2.18. The van der Waals surface area contributed by atoms with Gasteiger partial charge in [-0.1, -0.05) is 25.6 Å². The summed E-state index contributed by atoms with van der Waals surface area (Å²) >= 11 is 1.24. The molecule has 8 nitrogen and oxygen atoms in total. The predicted octanol–water partition coefficient (Wildman–Crippen LogP) is 2.62. The summed E-state index contributed by atoms with van der Waals surface area (Å²) in [6.45, 7) is 8.36. The zero-order valence-corrected chi connectivity index (χ0v) is 17.5. The van der Waals surface area contributed by atoms with Crippen molar-refractivity contribution in [1.82, 2.24) is 19.1 Å². The van der Waals surface area contributed by atoms with Gasteiger partial charge in [-0.3, -0.25) is 4.79 Å². The van der Waals surface area contributed by atoms with Gasteiger partial charge in [0.25, 0.3) is 0 Å². The molecule has 0 aromatic carbocycles. The van der Waals surface area contributed by atoms with E-state index in [9.17, 15) is 13.2 Å². The van der Waals surface area contributed by atoms with Crippen LogP contribution in [0.4, 0.5) is 5.82 Å². The topological polar surface area (TPSA) is 97.2 Å². The summed E-state index contributed by atoms with van der Waals surface area (Å²) < 4.78 is 28.0. The fraction of sp³-hybridized carbons (Fsp3) is 0.471. The van der Waals surface area contributed by atoms with Crippen LogP contribution < -0.4 is 5.32 Å². The van der Waals surface area contributed by atoms with Crippen molar-refractivity contribution in [2.45, 2.75) is 43.7 Å². The van der Waals surface area contributed by atoms with E-state index in [0.29, 0.717) is 23.9 Å². The maximum absolute atomic E-state index is 12.4. The number of carbonyl (C=O) groups excluding carboxylic acids is 1. The first-order chi connectivity index (χ1) is 12.8. The van der Waals surface area contributed by atoms with Gasteiger partial charge >= 0.3 is 0 Å². The highest BCUT2D eigenvalue weighted by Crippen LogP contribution is 2.20. The van der Waals surface area contributed by atoms with E-state index in [1.54, 1.807) is 36.9 Å². The molecule has 0 aliphatic carbocycles. The lowest BCUT2D eigenvalue weighted by Crippen LogP contribution is -2.30. The molecule has 0 aliphatic rings. The molecule has 0 unspecified atom stereocenters. The van der Waals surface area contributed by atoms with E-state index in [0.717, 1.165) is 0 Å². The van der Waals surface area contributed by atoms with Crippen LogP contribution in [-0.2, 0) is 14.8 Å². The highest BCUT2D eigenvalue weighted by Gasteiger charge is 2.21. The highest BCUT2D eigenvalue weighted by atomic mass is 32.2. The zero-order chi connectivity index (χ0) is 20.0. The van der Waals surface area contributed by atoms with E-state index in [-0.39, 0.29) is 22.6 Å². The van der Waals surface area contributed by atoms with Crippen LogP contribution in [0.5, 0.6) is 0 Å². The molecule has 10 heteroatoms. The molecule has 2 aromatic heterocycles. The molecule has 2 aromatic rings. The van der Waals surface area contributed by atoms with Gasteiger partial charge in [-0.2, -0.15) is 9.40 Å². The second kappa shape index (κ2) is 9.34. The van der Waals surface area contributed by atoms with Crippen molar-refractivity contribution in [1.29, 1.82) is 0 Å². The number of anilines is 1. The third-order valence-corrected chi connectivity index (χ3v) is 6.81. The van der Waals surface area contributed by atoms with E-state index < -0.39 is 10.0 Å². The quantitative estimate of drug-likeness (QED) is 0.637. The third kappa shape index (κ3) is 5.30. The van der Waals surface area contributed by atoms with E-state index in [1.165, 1.54) is 28.3 Å². The molecule has 0 spiro atoms. The number of hydrogen-bond acceptors (Lipinski definition) is 6. The summed E-state index contributed by atoms with van der Waals surface area (Å²) in [5.74, 6) is 0.631. The molecular weight excluding hydrogens is 386 g/mol. The first-order valence-corrected chi connectivity index (χ1v) is 11.1. The van der Waals surface area contributed by atoms with Gasteiger partial charge in [0.15, 0.2) is 0 Å². The van der Waals surface area contributed by atoms with Crippen LogP contribution in [-0.4, -0.2) is 52.2 Å². The van der Waals surface area contributed by atoms with Gasteiger partial charge in [-0.25, -0.2) is 18.1 Å². The molecule has 0 saturated heterocycles. The molecule has 2 heterocycles. The summed E-state index contributed by atoms with van der Waals surface area (Å²) in [5, 5.41) is 7.57. The Bertz CT molecular complexity index is 859. The van der Waals surface area contributed by atoms with Gasteiger partial charge < -0.3 is 5.32 Å². The number of nitrogens with zero attached hydrogens (tertiary/aromatic N) is 4. The van der Waals surface area contributed by atoms with Gasteiger partial charge in [0, 0.05) is 31.4 Å². The second-order valence-corrected chi connectivity index (χ2v) is 8.95. The van der Waals surface area contributed by atoms with Crippen LogP contribution in [0, 0.1) is 0 Å². The predicted molar refractivity (Wildman–Crippen MR) is 106 cm³/mol. The molecule has 0 atom stereocenters. The Kier molecular flexibility index (Phi) is 7.40. The summed E-state index contributed by atoms with van der Waals surface area (Å²) in [7, 11) is -3.52. The number of carbonyl (C=O) groups is 1. The Hall–Kier alpha value is -1.91. The van der Waals surface area contributed by atoms with Crippen LogP contribution in [0.1, 0.15) is 33.7 Å². The monoisotopic (exact) mass is 411 g/mol. The minimum atomic E-state index is -3.52. The fourth-order valence-electron chi connectivity index (χ4n) is 2.46. The highest BCUT2D eigenvalue weighted by molar-refractivity contribution is 7.99. The molecule has 0 fully saturated rings. The lowest BCUT2D eigenvalue weighted by atomic mass is 10.4. The zero-order valence-electron chi connectivity index (χ0n) is 15.9. The first-order valence-electron chi connectivity index (χ1n) is 8.72. The minimum absolute atomic E-state index is 0.143. The van der Waals surface area contributed by atoms with Crippen molar-refractivity contribution < 1.29 is 13.2 Å². The second-order valence-electron chi connectivity index (χ2n) is 6.01. The van der Waals surface area contributed by atoms with E-state index in [1.807, 2.05) is 13.8 Å². The lowest BCUT2D eigenvalue weighted by molar-refractivity contribution is -0.113. The smallest absolute Gasteiger partial charge is 0.244 e. The third-order valence-electron chi connectivity index (χ3n) is 3.83. The number of sulfonamides is 1. The van der Waals surface area contributed by atoms with E-state index in [2.05, 4.69) is 15.4 Å². The summed E-state index contributed by atoms with van der Waals surface area (Å²) in [6.07, 6.45) is 2.97. The summed E-state index contributed by atoms with van der Waals surface area (Å²) in [5.41, 5.74) is 0. The van der Waals surface area contributed by atoms with Gasteiger partial charge in [-0.05, 0) is 26.0 Å². The van der Waals surface area contributed by atoms with Crippen LogP contribution in [0.2, 0.25) is 0 Å². The number of amides is 1. The normalized spacial score (nSPS) is 11.9. The SMILES string of the molecule is CCN(CC)S(=O)(=O)c1ccc(SCC(=O)Nc2ccnn2C(C)C)nc1. The Morgan fingerprint density at radius 3 is 2.52 bits per heavy atom. The molecular formula is C17H25N5O3S2. The maximum Gasteiger partial charge on any atom is 0.244 e. The first kappa shape index (κ1) is 21.4. The Morgan fingerprint density at radius 2 is 1.96 bits per heavy atom. The molecule has 0 saturated carbocycles.